The molecule has 1 atom stereocenters. The summed E-state index contributed by atoms with van der Waals surface area (Å²) in [6, 6.07) is 2.56. The van der Waals surface area contributed by atoms with Crippen LogP contribution in [0.1, 0.15) is 28.2 Å². The normalized spacial score (nSPS) is 18.8. The minimum absolute atomic E-state index is 0.107. The van der Waals surface area contributed by atoms with E-state index in [9.17, 15) is 18.0 Å². The zero-order valence-corrected chi connectivity index (χ0v) is 12.8. The number of alkyl halides is 3. The van der Waals surface area contributed by atoms with Gasteiger partial charge in [-0.15, -0.1) is 0 Å². The molecule has 0 spiro atoms. The van der Waals surface area contributed by atoms with E-state index >= 15 is 0 Å². The Balaban J connectivity index is 1.81. The van der Waals surface area contributed by atoms with Gasteiger partial charge < -0.3 is 14.1 Å². The van der Waals surface area contributed by atoms with E-state index in [-0.39, 0.29) is 30.6 Å². The number of morpholine rings is 1. The SMILES string of the molecule is Cc1ccc(C(=O)N2CCOCC2c2ncn(CC(F)(F)F)n2)o1. The molecule has 0 aliphatic carbocycles. The molecule has 2 aromatic heterocycles. The van der Waals surface area contributed by atoms with E-state index in [0.717, 1.165) is 6.33 Å². The second kappa shape index (κ2) is 6.27. The second-order valence-corrected chi connectivity index (χ2v) is 5.42. The number of aryl methyl sites for hydroxylation is 1. The van der Waals surface area contributed by atoms with Gasteiger partial charge in [-0.2, -0.15) is 18.3 Å². The number of furan rings is 1. The molecule has 1 aliphatic heterocycles. The zero-order chi connectivity index (χ0) is 17.3. The Bertz CT molecular complexity index is 725. The first-order valence-electron chi connectivity index (χ1n) is 7.25. The van der Waals surface area contributed by atoms with Gasteiger partial charge in [-0.25, -0.2) is 9.67 Å². The van der Waals surface area contributed by atoms with Crippen LogP contribution in [-0.4, -0.2) is 51.5 Å². The van der Waals surface area contributed by atoms with Gasteiger partial charge in [0.25, 0.3) is 5.91 Å². The molecule has 1 fully saturated rings. The van der Waals surface area contributed by atoms with Crippen molar-refractivity contribution in [2.75, 3.05) is 19.8 Å². The number of hydrogen-bond acceptors (Lipinski definition) is 5. The lowest BCUT2D eigenvalue weighted by Crippen LogP contribution is -2.43. The van der Waals surface area contributed by atoms with Gasteiger partial charge >= 0.3 is 6.18 Å². The molecule has 10 heteroatoms. The topological polar surface area (TPSA) is 73.4 Å². The number of rotatable bonds is 3. The van der Waals surface area contributed by atoms with Crippen molar-refractivity contribution in [3.63, 3.8) is 0 Å². The summed E-state index contributed by atoms with van der Waals surface area (Å²) in [5, 5.41) is 3.83. The highest BCUT2D eigenvalue weighted by atomic mass is 19.4. The van der Waals surface area contributed by atoms with Gasteiger partial charge in [0.1, 0.15) is 24.7 Å². The average molecular weight is 344 g/mol. The van der Waals surface area contributed by atoms with Crippen LogP contribution >= 0.6 is 0 Å². The average Bonchev–Trinajstić information content (AvgIpc) is 3.14. The third kappa shape index (κ3) is 3.58. The molecule has 0 radical (unpaired) electrons. The first-order valence-corrected chi connectivity index (χ1v) is 7.25. The van der Waals surface area contributed by atoms with Crippen molar-refractivity contribution in [1.82, 2.24) is 19.7 Å². The van der Waals surface area contributed by atoms with Crippen molar-refractivity contribution in [2.24, 2.45) is 0 Å². The van der Waals surface area contributed by atoms with Crippen LogP contribution in [0.4, 0.5) is 13.2 Å². The van der Waals surface area contributed by atoms with Gasteiger partial charge in [-0.1, -0.05) is 0 Å². The summed E-state index contributed by atoms with van der Waals surface area (Å²) in [5.74, 6) is 0.490. The van der Waals surface area contributed by atoms with Crippen LogP contribution in [0.2, 0.25) is 0 Å². The summed E-state index contributed by atoms with van der Waals surface area (Å²) in [4.78, 5) is 17.9. The Morgan fingerprint density at radius 1 is 1.42 bits per heavy atom. The van der Waals surface area contributed by atoms with E-state index in [1.165, 1.54) is 4.90 Å². The van der Waals surface area contributed by atoms with Gasteiger partial charge in [0.05, 0.1) is 13.2 Å². The van der Waals surface area contributed by atoms with Crippen LogP contribution in [0.5, 0.6) is 0 Å². The fourth-order valence-electron chi connectivity index (χ4n) is 2.47. The highest BCUT2D eigenvalue weighted by Crippen LogP contribution is 2.25. The van der Waals surface area contributed by atoms with Crippen LogP contribution in [0.3, 0.4) is 0 Å². The molecule has 0 N–H and O–H groups in total. The number of nitrogens with zero attached hydrogens (tertiary/aromatic N) is 4. The number of ether oxygens (including phenoxy) is 1. The minimum Gasteiger partial charge on any atom is -0.456 e. The first-order chi connectivity index (χ1) is 11.3. The van der Waals surface area contributed by atoms with Gasteiger partial charge in [-0.05, 0) is 19.1 Å². The van der Waals surface area contributed by atoms with Crippen molar-refractivity contribution in [1.29, 1.82) is 0 Å². The highest BCUT2D eigenvalue weighted by Gasteiger charge is 2.34. The van der Waals surface area contributed by atoms with Crippen molar-refractivity contribution in [3.05, 3.63) is 35.8 Å². The summed E-state index contributed by atoms with van der Waals surface area (Å²) < 4.78 is 48.7. The molecule has 24 heavy (non-hydrogen) atoms. The van der Waals surface area contributed by atoms with Gasteiger partial charge in [0.2, 0.25) is 0 Å². The smallest absolute Gasteiger partial charge is 0.408 e. The molecule has 1 amide bonds. The Kier molecular flexibility index (Phi) is 4.31. The Hall–Kier alpha value is -2.36. The van der Waals surface area contributed by atoms with E-state index in [1.807, 2.05) is 0 Å². The third-order valence-corrected chi connectivity index (χ3v) is 3.53. The minimum atomic E-state index is -4.39. The van der Waals surface area contributed by atoms with Crippen LogP contribution in [0, 0.1) is 6.92 Å². The molecule has 1 aliphatic rings. The molecular formula is C14H15F3N4O3. The molecule has 0 saturated carbocycles. The first kappa shape index (κ1) is 16.5. The number of halogens is 3. The van der Waals surface area contributed by atoms with Crippen LogP contribution in [-0.2, 0) is 11.3 Å². The molecular weight excluding hydrogens is 329 g/mol. The Morgan fingerprint density at radius 2 is 2.21 bits per heavy atom. The molecule has 7 nitrogen and oxygen atoms in total. The molecule has 2 aromatic rings. The van der Waals surface area contributed by atoms with Gasteiger partial charge in [0, 0.05) is 6.54 Å². The van der Waals surface area contributed by atoms with Crippen molar-refractivity contribution in [2.45, 2.75) is 25.7 Å². The maximum absolute atomic E-state index is 12.6. The number of hydrogen-bond donors (Lipinski definition) is 0. The van der Waals surface area contributed by atoms with Gasteiger partial charge in [-0.3, -0.25) is 4.79 Å². The van der Waals surface area contributed by atoms with Crippen molar-refractivity contribution >= 4 is 5.91 Å². The molecule has 1 saturated heterocycles. The number of carbonyl (C=O) groups excluding carboxylic acids is 1. The van der Waals surface area contributed by atoms with Crippen LogP contribution in [0.15, 0.2) is 22.9 Å². The monoisotopic (exact) mass is 344 g/mol. The van der Waals surface area contributed by atoms with E-state index in [1.54, 1.807) is 19.1 Å². The quantitative estimate of drug-likeness (QED) is 0.851. The van der Waals surface area contributed by atoms with Crippen molar-refractivity contribution in [3.8, 4) is 0 Å². The Labute approximate surface area is 135 Å². The fourth-order valence-corrected chi connectivity index (χ4v) is 2.47. The number of amides is 1. The van der Waals surface area contributed by atoms with E-state index in [0.29, 0.717) is 17.0 Å². The standard InChI is InChI=1S/C14H15F3N4O3/c1-9-2-3-11(24-9)13(22)21-4-5-23-6-10(21)12-18-8-20(19-12)7-14(15,16)17/h2-3,8,10H,4-7H2,1H3. The summed E-state index contributed by atoms with van der Waals surface area (Å²) in [6.45, 7) is 1.19. The third-order valence-electron chi connectivity index (χ3n) is 3.53. The van der Waals surface area contributed by atoms with Crippen molar-refractivity contribution < 1.29 is 27.1 Å². The predicted octanol–water partition coefficient (Wildman–Crippen LogP) is 1.96. The lowest BCUT2D eigenvalue weighted by molar-refractivity contribution is -0.142. The number of aromatic nitrogens is 3. The fraction of sp³-hybridized carbons (Fsp3) is 0.500. The van der Waals surface area contributed by atoms with Gasteiger partial charge in [0.15, 0.2) is 11.6 Å². The lowest BCUT2D eigenvalue weighted by atomic mass is 10.2. The predicted molar refractivity (Wildman–Crippen MR) is 74.1 cm³/mol. The van der Waals surface area contributed by atoms with E-state index in [4.69, 9.17) is 9.15 Å². The molecule has 3 heterocycles. The maximum atomic E-state index is 12.6. The zero-order valence-electron chi connectivity index (χ0n) is 12.8. The molecule has 3 rings (SSSR count). The number of carbonyl (C=O) groups is 1. The van der Waals surface area contributed by atoms with E-state index < -0.39 is 18.8 Å². The van der Waals surface area contributed by atoms with Crippen LogP contribution < -0.4 is 0 Å². The molecule has 0 aromatic carbocycles. The van der Waals surface area contributed by atoms with Crippen LogP contribution in [0.25, 0.3) is 0 Å². The molecule has 1 unspecified atom stereocenters. The highest BCUT2D eigenvalue weighted by molar-refractivity contribution is 5.91. The second-order valence-electron chi connectivity index (χ2n) is 5.42. The maximum Gasteiger partial charge on any atom is 0.408 e. The molecule has 0 bridgehead atoms. The largest absolute Gasteiger partial charge is 0.456 e. The lowest BCUT2D eigenvalue weighted by Gasteiger charge is -2.33. The summed E-state index contributed by atoms with van der Waals surface area (Å²) >= 11 is 0. The summed E-state index contributed by atoms with van der Waals surface area (Å²) in [7, 11) is 0. The summed E-state index contributed by atoms with van der Waals surface area (Å²) in [5.41, 5.74) is 0. The van der Waals surface area contributed by atoms with E-state index in [2.05, 4.69) is 10.1 Å². The summed E-state index contributed by atoms with van der Waals surface area (Å²) in [6.07, 6.45) is -3.40. The molecule has 130 valence electrons. The Morgan fingerprint density at radius 3 is 2.88 bits per heavy atom.